The second-order valence-electron chi connectivity index (χ2n) is 5.19. The summed E-state index contributed by atoms with van der Waals surface area (Å²) in [5.74, 6) is 0.162. The van der Waals surface area contributed by atoms with E-state index in [-0.39, 0.29) is 11.8 Å². The van der Waals surface area contributed by atoms with Crippen molar-refractivity contribution in [1.82, 2.24) is 15.1 Å². The highest BCUT2D eigenvalue weighted by Crippen LogP contribution is 2.06. The number of morpholine rings is 1. The third-order valence-corrected chi connectivity index (χ3v) is 3.64. The predicted octanol–water partition coefficient (Wildman–Crippen LogP) is -0.554. The largest absolute Gasteiger partial charge is 0.378 e. The van der Waals surface area contributed by atoms with Crippen LogP contribution in [0.25, 0.3) is 0 Å². The van der Waals surface area contributed by atoms with Crippen molar-refractivity contribution < 1.29 is 14.3 Å². The molecule has 2 aliphatic heterocycles. The van der Waals surface area contributed by atoms with Gasteiger partial charge in [0.25, 0.3) is 0 Å². The fourth-order valence-electron chi connectivity index (χ4n) is 2.50. The Morgan fingerprint density at radius 3 is 2.37 bits per heavy atom. The second kappa shape index (κ2) is 6.86. The molecule has 1 atom stereocenters. The molecule has 2 aliphatic rings. The Hall–Kier alpha value is -1.14. The number of hydrogen-bond donors (Lipinski definition) is 1. The molecule has 2 rings (SSSR count). The molecule has 6 heteroatoms. The Kier molecular flexibility index (Phi) is 5.15. The highest BCUT2D eigenvalue weighted by atomic mass is 16.5. The van der Waals surface area contributed by atoms with Crippen LogP contribution in [0.3, 0.4) is 0 Å². The van der Waals surface area contributed by atoms with Crippen molar-refractivity contribution in [2.75, 3.05) is 45.9 Å². The van der Waals surface area contributed by atoms with Crippen LogP contribution in [0.1, 0.15) is 19.8 Å². The summed E-state index contributed by atoms with van der Waals surface area (Å²) in [5.41, 5.74) is 0. The molecule has 0 saturated carbocycles. The summed E-state index contributed by atoms with van der Waals surface area (Å²) >= 11 is 0. The maximum Gasteiger partial charge on any atom is 0.223 e. The van der Waals surface area contributed by atoms with Crippen LogP contribution in [-0.2, 0) is 14.3 Å². The summed E-state index contributed by atoms with van der Waals surface area (Å²) in [7, 11) is 0. The van der Waals surface area contributed by atoms with Crippen LogP contribution in [0.2, 0.25) is 0 Å². The summed E-state index contributed by atoms with van der Waals surface area (Å²) in [5, 5.41) is 3.30. The average molecular weight is 269 g/mol. The molecule has 0 aromatic rings. The first kappa shape index (κ1) is 14.3. The van der Waals surface area contributed by atoms with Gasteiger partial charge in [0, 0.05) is 51.6 Å². The minimum absolute atomic E-state index is 0.0693. The highest BCUT2D eigenvalue weighted by Gasteiger charge is 2.22. The molecule has 2 heterocycles. The molecule has 2 amide bonds. The van der Waals surface area contributed by atoms with Crippen molar-refractivity contribution in [2.45, 2.75) is 25.8 Å². The summed E-state index contributed by atoms with van der Waals surface area (Å²) < 4.78 is 5.21. The molecular formula is C13H23N3O3. The van der Waals surface area contributed by atoms with Crippen molar-refractivity contribution in [3.63, 3.8) is 0 Å². The molecule has 0 aromatic heterocycles. The normalized spacial score (nSPS) is 24.4. The van der Waals surface area contributed by atoms with E-state index in [2.05, 4.69) is 12.2 Å². The molecule has 108 valence electrons. The monoisotopic (exact) mass is 269 g/mol. The number of carbonyl (C=O) groups is 2. The molecule has 0 radical (unpaired) electrons. The zero-order valence-electron chi connectivity index (χ0n) is 11.6. The number of nitrogens with zero attached hydrogens (tertiary/aromatic N) is 2. The summed E-state index contributed by atoms with van der Waals surface area (Å²) in [4.78, 5) is 27.6. The van der Waals surface area contributed by atoms with Crippen molar-refractivity contribution in [2.24, 2.45) is 0 Å². The lowest BCUT2D eigenvalue weighted by atomic mass is 10.2. The Balaban J connectivity index is 1.71. The lowest BCUT2D eigenvalue weighted by Gasteiger charge is -2.32. The smallest absolute Gasteiger partial charge is 0.223 e. The Bertz CT molecular complexity index is 329. The maximum atomic E-state index is 12.0. The first-order valence-corrected chi connectivity index (χ1v) is 7.03. The first-order valence-electron chi connectivity index (χ1n) is 7.03. The number of carbonyl (C=O) groups excluding carboxylic acids is 2. The zero-order valence-corrected chi connectivity index (χ0v) is 11.6. The van der Waals surface area contributed by atoms with Crippen LogP contribution in [0.15, 0.2) is 0 Å². The summed E-state index contributed by atoms with van der Waals surface area (Å²) in [6.07, 6.45) is 0.639. The van der Waals surface area contributed by atoms with Crippen molar-refractivity contribution in [1.29, 1.82) is 0 Å². The van der Waals surface area contributed by atoms with E-state index in [0.717, 1.165) is 19.6 Å². The number of amides is 2. The van der Waals surface area contributed by atoms with Crippen LogP contribution in [0.5, 0.6) is 0 Å². The molecule has 0 bridgehead atoms. The molecule has 2 fully saturated rings. The van der Waals surface area contributed by atoms with Gasteiger partial charge < -0.3 is 19.9 Å². The van der Waals surface area contributed by atoms with Crippen LogP contribution in [-0.4, -0.2) is 73.6 Å². The molecule has 1 unspecified atom stereocenters. The molecule has 1 N–H and O–H groups in total. The minimum atomic E-state index is 0.0693. The van der Waals surface area contributed by atoms with E-state index in [1.165, 1.54) is 0 Å². The molecule has 0 aromatic carbocycles. The average Bonchev–Trinajstić information content (AvgIpc) is 2.45. The van der Waals surface area contributed by atoms with E-state index in [0.29, 0.717) is 45.2 Å². The number of hydrogen-bond acceptors (Lipinski definition) is 4. The van der Waals surface area contributed by atoms with Crippen molar-refractivity contribution >= 4 is 11.8 Å². The molecule has 19 heavy (non-hydrogen) atoms. The highest BCUT2D eigenvalue weighted by molar-refractivity contribution is 5.84. The van der Waals surface area contributed by atoms with Gasteiger partial charge in [-0.3, -0.25) is 9.59 Å². The lowest BCUT2D eigenvalue weighted by molar-refractivity contribution is -0.139. The van der Waals surface area contributed by atoms with Gasteiger partial charge in [0.15, 0.2) is 0 Å². The van der Waals surface area contributed by atoms with Crippen LogP contribution in [0.4, 0.5) is 0 Å². The van der Waals surface area contributed by atoms with Crippen LogP contribution >= 0.6 is 0 Å². The Morgan fingerprint density at radius 2 is 1.74 bits per heavy atom. The van der Waals surface area contributed by atoms with E-state index >= 15 is 0 Å². The summed E-state index contributed by atoms with van der Waals surface area (Å²) in [6.45, 7) is 6.90. The van der Waals surface area contributed by atoms with Crippen molar-refractivity contribution in [3.8, 4) is 0 Å². The van der Waals surface area contributed by atoms with Crippen LogP contribution in [0, 0.1) is 0 Å². The molecule has 2 saturated heterocycles. The summed E-state index contributed by atoms with van der Waals surface area (Å²) in [6, 6.07) is 0.340. The van der Waals surface area contributed by atoms with Gasteiger partial charge in [0.2, 0.25) is 11.8 Å². The van der Waals surface area contributed by atoms with E-state index in [1.807, 2.05) is 4.90 Å². The van der Waals surface area contributed by atoms with Gasteiger partial charge in [0.1, 0.15) is 0 Å². The van der Waals surface area contributed by atoms with Gasteiger partial charge in [-0.15, -0.1) is 0 Å². The number of piperazine rings is 1. The predicted molar refractivity (Wildman–Crippen MR) is 70.7 cm³/mol. The lowest BCUT2D eigenvalue weighted by Crippen LogP contribution is -2.51. The van der Waals surface area contributed by atoms with Gasteiger partial charge >= 0.3 is 0 Å². The van der Waals surface area contributed by atoms with E-state index in [9.17, 15) is 9.59 Å². The third kappa shape index (κ3) is 4.18. The van der Waals surface area contributed by atoms with Gasteiger partial charge in [-0.05, 0) is 6.92 Å². The fourth-order valence-corrected chi connectivity index (χ4v) is 2.50. The standard InChI is InChI=1S/C13H23N3O3/c1-11-10-16(5-4-14-11)13(18)3-2-12(17)15-6-8-19-9-7-15/h11,14H,2-10H2,1H3. The van der Waals surface area contributed by atoms with Crippen molar-refractivity contribution in [3.05, 3.63) is 0 Å². The minimum Gasteiger partial charge on any atom is -0.378 e. The van der Waals surface area contributed by atoms with Gasteiger partial charge in [-0.2, -0.15) is 0 Å². The van der Waals surface area contributed by atoms with Gasteiger partial charge in [0.05, 0.1) is 13.2 Å². The van der Waals surface area contributed by atoms with Gasteiger partial charge in [-0.25, -0.2) is 0 Å². The molecule has 0 spiro atoms. The SMILES string of the molecule is CC1CN(C(=O)CCC(=O)N2CCOCC2)CCN1. The third-order valence-electron chi connectivity index (χ3n) is 3.64. The Morgan fingerprint density at radius 1 is 1.11 bits per heavy atom. The number of ether oxygens (including phenoxy) is 1. The number of rotatable bonds is 3. The van der Waals surface area contributed by atoms with Crippen LogP contribution < -0.4 is 5.32 Å². The quantitative estimate of drug-likeness (QED) is 0.746. The first-order chi connectivity index (χ1) is 9.16. The maximum absolute atomic E-state index is 12.0. The van der Waals surface area contributed by atoms with E-state index in [1.54, 1.807) is 4.90 Å². The molecule has 0 aliphatic carbocycles. The second-order valence-corrected chi connectivity index (χ2v) is 5.19. The topological polar surface area (TPSA) is 61.9 Å². The Labute approximate surface area is 114 Å². The molecular weight excluding hydrogens is 246 g/mol. The zero-order chi connectivity index (χ0) is 13.7. The fraction of sp³-hybridized carbons (Fsp3) is 0.846. The molecule has 6 nitrogen and oxygen atoms in total. The van der Waals surface area contributed by atoms with E-state index in [4.69, 9.17) is 4.74 Å². The van der Waals surface area contributed by atoms with E-state index < -0.39 is 0 Å². The van der Waals surface area contributed by atoms with Gasteiger partial charge in [-0.1, -0.05) is 0 Å². The number of nitrogens with one attached hydrogen (secondary N) is 1.